The van der Waals surface area contributed by atoms with Crippen molar-refractivity contribution in [3.05, 3.63) is 131 Å². The molecular weight excluding hydrogens is 681 g/mol. The van der Waals surface area contributed by atoms with Gasteiger partial charge in [-0.2, -0.15) is 0 Å². The lowest BCUT2D eigenvalue weighted by Gasteiger charge is -2.45. The van der Waals surface area contributed by atoms with Gasteiger partial charge in [0.05, 0.1) is 6.10 Å². The molecule has 0 heterocycles. The average Bonchev–Trinajstić information content (AvgIpc) is 3.16. The monoisotopic (exact) mass is 742 g/mol. The van der Waals surface area contributed by atoms with Crippen LogP contribution in [0.5, 0.6) is 0 Å². The summed E-state index contributed by atoms with van der Waals surface area (Å²) in [6, 6.07) is 38.0. The SMILES string of the molecule is CC(C)(OO)c1ccc(CCCOCCC(CCOCCCc2ccc(C(C)(C)OO)cc2)O[Si](c2ccccc2)(c2ccccc2)C(C)(C)C)cc1. The van der Waals surface area contributed by atoms with Crippen molar-refractivity contribution < 1.29 is 34.2 Å². The first kappa shape index (κ1) is 42.6. The van der Waals surface area contributed by atoms with Crippen molar-refractivity contribution in [1.82, 2.24) is 0 Å². The second-order valence-electron chi connectivity index (χ2n) is 16.0. The molecule has 4 aromatic carbocycles. The zero-order valence-corrected chi connectivity index (χ0v) is 34.0. The number of aryl methyl sites for hydroxylation is 2. The summed E-state index contributed by atoms with van der Waals surface area (Å²) in [6.07, 6.45) is 5.16. The highest BCUT2D eigenvalue weighted by Crippen LogP contribution is 2.38. The maximum Gasteiger partial charge on any atom is 0.261 e. The van der Waals surface area contributed by atoms with Crippen LogP contribution in [0.15, 0.2) is 109 Å². The standard InChI is InChI=1S/C45H62O7Si/c1-43(2,3)53(41-18-10-8-11-19-41,42-20-12-9-13-21-42)50-40(30-34-48-32-14-16-36-22-26-38(27-23-36)44(4,5)51-46)31-35-49-33-15-17-37-24-28-39(29-25-37)45(6,7)52-47/h8-13,18-29,40,46-47H,14-17,30-35H2,1-7H3. The van der Waals surface area contributed by atoms with Gasteiger partial charge in [0.25, 0.3) is 8.32 Å². The van der Waals surface area contributed by atoms with Crippen LogP contribution >= 0.6 is 0 Å². The predicted octanol–water partition coefficient (Wildman–Crippen LogP) is 9.46. The molecule has 0 bridgehead atoms. The topological polar surface area (TPSA) is 86.6 Å². The molecule has 0 aliphatic heterocycles. The highest BCUT2D eigenvalue weighted by Gasteiger charge is 2.51. The Bertz CT molecular complexity index is 1490. The van der Waals surface area contributed by atoms with E-state index in [0.29, 0.717) is 26.4 Å². The molecule has 2 N–H and O–H groups in total. The van der Waals surface area contributed by atoms with Crippen molar-refractivity contribution in [2.75, 3.05) is 26.4 Å². The molecule has 0 unspecified atom stereocenters. The van der Waals surface area contributed by atoms with Gasteiger partial charge in [-0.25, -0.2) is 9.78 Å². The van der Waals surface area contributed by atoms with Crippen molar-refractivity contribution >= 4 is 18.7 Å². The van der Waals surface area contributed by atoms with Crippen LogP contribution in [0.1, 0.15) is 96.4 Å². The van der Waals surface area contributed by atoms with E-state index < -0.39 is 19.5 Å². The van der Waals surface area contributed by atoms with E-state index in [9.17, 15) is 10.5 Å². The predicted molar refractivity (Wildman–Crippen MR) is 216 cm³/mol. The summed E-state index contributed by atoms with van der Waals surface area (Å²) in [5.41, 5.74) is 2.85. The van der Waals surface area contributed by atoms with Gasteiger partial charge in [0.1, 0.15) is 11.2 Å². The van der Waals surface area contributed by atoms with Crippen LogP contribution in [-0.2, 0) is 47.7 Å². The van der Waals surface area contributed by atoms with Crippen LogP contribution in [0.25, 0.3) is 0 Å². The number of hydrogen-bond donors (Lipinski definition) is 2. The van der Waals surface area contributed by atoms with E-state index in [1.54, 1.807) is 0 Å². The third-order valence-electron chi connectivity index (χ3n) is 10.2. The van der Waals surface area contributed by atoms with E-state index in [4.69, 9.17) is 13.9 Å². The lowest BCUT2D eigenvalue weighted by atomic mass is 9.96. The molecule has 4 rings (SSSR count). The summed E-state index contributed by atoms with van der Waals surface area (Å²) in [6.45, 7) is 16.9. The van der Waals surface area contributed by atoms with Crippen molar-refractivity contribution in [3.8, 4) is 0 Å². The van der Waals surface area contributed by atoms with Gasteiger partial charge in [-0.15, -0.1) is 0 Å². The fraction of sp³-hybridized carbons (Fsp3) is 0.467. The molecule has 0 aliphatic carbocycles. The molecule has 0 fully saturated rings. The summed E-state index contributed by atoms with van der Waals surface area (Å²) in [7, 11) is -2.75. The molecule has 0 amide bonds. The maximum absolute atomic E-state index is 9.21. The van der Waals surface area contributed by atoms with Gasteiger partial charge in [-0.1, -0.05) is 130 Å². The smallest absolute Gasteiger partial charge is 0.261 e. The quantitative estimate of drug-likeness (QED) is 0.0359. The lowest BCUT2D eigenvalue weighted by molar-refractivity contribution is -0.318. The Morgan fingerprint density at radius 2 is 0.887 bits per heavy atom. The molecule has 8 heteroatoms. The van der Waals surface area contributed by atoms with Gasteiger partial charge in [0, 0.05) is 26.4 Å². The zero-order chi connectivity index (χ0) is 38.4. The van der Waals surface area contributed by atoms with E-state index in [0.717, 1.165) is 49.7 Å². The Morgan fingerprint density at radius 1 is 0.509 bits per heavy atom. The molecule has 0 saturated heterocycles. The first-order chi connectivity index (χ1) is 25.3. The Balaban J connectivity index is 1.39. The molecule has 288 valence electrons. The van der Waals surface area contributed by atoms with E-state index >= 15 is 0 Å². The van der Waals surface area contributed by atoms with Gasteiger partial charge in [-0.05, 0) is 104 Å². The van der Waals surface area contributed by atoms with Crippen molar-refractivity contribution in [2.45, 2.75) is 109 Å². The van der Waals surface area contributed by atoms with Crippen LogP contribution in [0.3, 0.4) is 0 Å². The normalized spacial score (nSPS) is 12.8. The molecule has 0 radical (unpaired) electrons. The fourth-order valence-corrected chi connectivity index (χ4v) is 11.6. The number of ether oxygens (including phenoxy) is 2. The highest BCUT2D eigenvalue weighted by atomic mass is 28.4. The average molecular weight is 743 g/mol. The van der Waals surface area contributed by atoms with E-state index in [2.05, 4.69) is 115 Å². The van der Waals surface area contributed by atoms with Crippen LogP contribution in [0.4, 0.5) is 0 Å². The van der Waals surface area contributed by atoms with Gasteiger partial charge < -0.3 is 13.9 Å². The first-order valence-electron chi connectivity index (χ1n) is 19.1. The molecule has 0 saturated carbocycles. The van der Waals surface area contributed by atoms with Gasteiger partial charge >= 0.3 is 0 Å². The van der Waals surface area contributed by atoms with Gasteiger partial charge in [0.15, 0.2) is 0 Å². The number of hydrogen-bond acceptors (Lipinski definition) is 7. The van der Waals surface area contributed by atoms with Crippen molar-refractivity contribution in [3.63, 3.8) is 0 Å². The Kier molecular flexibility index (Phi) is 16.0. The fourth-order valence-electron chi connectivity index (χ4n) is 6.84. The maximum atomic E-state index is 9.21. The lowest BCUT2D eigenvalue weighted by Crippen LogP contribution is -2.67. The van der Waals surface area contributed by atoms with E-state index in [1.807, 2.05) is 52.0 Å². The van der Waals surface area contributed by atoms with Crippen molar-refractivity contribution in [2.24, 2.45) is 0 Å². The second kappa shape index (κ2) is 19.9. The summed E-state index contributed by atoms with van der Waals surface area (Å²) in [5, 5.41) is 20.8. The summed E-state index contributed by atoms with van der Waals surface area (Å²) < 4.78 is 20.0. The third kappa shape index (κ3) is 11.9. The molecule has 4 aromatic rings. The van der Waals surface area contributed by atoms with Gasteiger partial charge in [-0.3, -0.25) is 10.5 Å². The van der Waals surface area contributed by atoms with Crippen LogP contribution < -0.4 is 10.4 Å². The minimum atomic E-state index is -2.75. The van der Waals surface area contributed by atoms with E-state index in [1.165, 1.54) is 21.5 Å². The molecular formula is C45H62O7Si. The Morgan fingerprint density at radius 3 is 1.23 bits per heavy atom. The van der Waals surface area contributed by atoms with Gasteiger partial charge in [0.2, 0.25) is 0 Å². The van der Waals surface area contributed by atoms with Crippen LogP contribution in [0.2, 0.25) is 5.04 Å². The van der Waals surface area contributed by atoms with E-state index in [-0.39, 0.29) is 11.1 Å². The van der Waals surface area contributed by atoms with Crippen molar-refractivity contribution in [1.29, 1.82) is 0 Å². The first-order valence-corrected chi connectivity index (χ1v) is 21.0. The van der Waals surface area contributed by atoms with Crippen LogP contribution in [0, 0.1) is 0 Å². The zero-order valence-electron chi connectivity index (χ0n) is 33.0. The molecule has 53 heavy (non-hydrogen) atoms. The molecule has 0 aliphatic rings. The summed E-state index contributed by atoms with van der Waals surface area (Å²) in [5.74, 6) is 0. The minimum absolute atomic E-state index is 0.0458. The second-order valence-corrected chi connectivity index (χ2v) is 20.3. The third-order valence-corrected chi connectivity index (χ3v) is 15.3. The summed E-state index contributed by atoms with van der Waals surface area (Å²) >= 11 is 0. The highest BCUT2D eigenvalue weighted by molar-refractivity contribution is 6.99. The molecule has 7 nitrogen and oxygen atoms in total. The molecule has 0 spiro atoms. The minimum Gasteiger partial charge on any atom is -0.404 e. The number of rotatable bonds is 22. The summed E-state index contributed by atoms with van der Waals surface area (Å²) in [4.78, 5) is 9.27. The Hall–Kier alpha value is -3.18. The van der Waals surface area contributed by atoms with Crippen LogP contribution in [-0.4, -0.2) is 51.4 Å². The number of benzene rings is 4. The molecule has 0 atom stereocenters. The largest absolute Gasteiger partial charge is 0.404 e. The Labute approximate surface area is 319 Å². The molecule has 0 aromatic heterocycles.